The van der Waals surface area contributed by atoms with E-state index in [2.05, 4.69) is 21.9 Å². The van der Waals surface area contributed by atoms with Gasteiger partial charge in [0.25, 0.3) is 0 Å². The van der Waals surface area contributed by atoms with E-state index in [1.807, 2.05) is 11.8 Å². The SMILES string of the molecule is CN=C(NCCCCSC)NCc1ccc(F)c(Cl)c1.I. The first-order chi connectivity index (χ1) is 9.67. The molecule has 0 aliphatic carbocycles. The molecule has 0 aromatic heterocycles. The van der Waals surface area contributed by atoms with Gasteiger partial charge >= 0.3 is 0 Å². The summed E-state index contributed by atoms with van der Waals surface area (Å²) in [6.45, 7) is 1.45. The van der Waals surface area contributed by atoms with Crippen LogP contribution in [0.2, 0.25) is 5.02 Å². The third-order valence-corrected chi connectivity index (χ3v) is 3.72. The molecule has 2 N–H and O–H groups in total. The number of guanidine groups is 1. The van der Waals surface area contributed by atoms with Gasteiger partial charge in [-0.3, -0.25) is 4.99 Å². The lowest BCUT2D eigenvalue weighted by molar-refractivity contribution is 0.627. The van der Waals surface area contributed by atoms with Crippen LogP contribution in [0, 0.1) is 5.82 Å². The summed E-state index contributed by atoms with van der Waals surface area (Å²) < 4.78 is 13.0. The number of halogens is 3. The molecule has 0 heterocycles. The lowest BCUT2D eigenvalue weighted by Gasteiger charge is -2.12. The molecule has 7 heteroatoms. The van der Waals surface area contributed by atoms with Gasteiger partial charge in [0.1, 0.15) is 5.82 Å². The molecule has 0 aliphatic heterocycles. The maximum atomic E-state index is 13.0. The smallest absolute Gasteiger partial charge is 0.191 e. The monoisotopic (exact) mass is 445 g/mol. The van der Waals surface area contributed by atoms with E-state index in [9.17, 15) is 4.39 Å². The van der Waals surface area contributed by atoms with Crippen molar-refractivity contribution in [3.63, 3.8) is 0 Å². The highest BCUT2D eigenvalue weighted by Gasteiger charge is 2.02. The van der Waals surface area contributed by atoms with Crippen LogP contribution in [0.5, 0.6) is 0 Å². The highest BCUT2D eigenvalue weighted by Crippen LogP contribution is 2.15. The predicted molar refractivity (Wildman–Crippen MR) is 103 cm³/mol. The Bertz CT molecular complexity index is 446. The third-order valence-electron chi connectivity index (χ3n) is 2.74. The molecule has 3 nitrogen and oxygen atoms in total. The molecule has 0 fully saturated rings. The Morgan fingerprint density at radius 1 is 1.33 bits per heavy atom. The number of nitrogens with one attached hydrogen (secondary N) is 2. The van der Waals surface area contributed by atoms with Crippen LogP contribution in [-0.4, -0.2) is 31.6 Å². The van der Waals surface area contributed by atoms with E-state index in [0.717, 1.165) is 24.5 Å². The molecule has 1 aromatic carbocycles. The van der Waals surface area contributed by atoms with Crippen molar-refractivity contribution in [3.05, 3.63) is 34.6 Å². The number of nitrogens with zero attached hydrogens (tertiary/aromatic N) is 1. The van der Waals surface area contributed by atoms with Crippen LogP contribution in [0.1, 0.15) is 18.4 Å². The molecule has 0 aliphatic rings. The zero-order valence-electron chi connectivity index (χ0n) is 12.3. The molecule has 0 amide bonds. The van der Waals surface area contributed by atoms with Crippen molar-refractivity contribution in [1.29, 1.82) is 0 Å². The number of benzene rings is 1. The topological polar surface area (TPSA) is 36.4 Å². The normalized spacial score (nSPS) is 11.0. The molecule has 0 unspecified atom stereocenters. The van der Waals surface area contributed by atoms with Crippen LogP contribution in [-0.2, 0) is 6.54 Å². The Labute approximate surface area is 152 Å². The van der Waals surface area contributed by atoms with E-state index >= 15 is 0 Å². The van der Waals surface area contributed by atoms with Crippen LogP contribution in [0.25, 0.3) is 0 Å². The van der Waals surface area contributed by atoms with E-state index < -0.39 is 5.82 Å². The van der Waals surface area contributed by atoms with Crippen LogP contribution in [0.3, 0.4) is 0 Å². The molecule has 1 aromatic rings. The van der Waals surface area contributed by atoms with Crippen LogP contribution in [0.4, 0.5) is 4.39 Å². The summed E-state index contributed by atoms with van der Waals surface area (Å²) in [5, 5.41) is 6.57. The molecule has 0 spiro atoms. The molecule has 0 bridgehead atoms. The van der Waals surface area contributed by atoms with Gasteiger partial charge in [-0.25, -0.2) is 4.39 Å². The standard InChI is InChI=1S/C14H21ClFN3S.HI/c1-17-14(18-7-3-4-8-20-2)19-10-11-5-6-13(16)12(15)9-11;/h5-6,9H,3-4,7-8,10H2,1-2H3,(H2,17,18,19);1H. The lowest BCUT2D eigenvalue weighted by Crippen LogP contribution is -2.37. The zero-order valence-corrected chi connectivity index (χ0v) is 16.2. The number of aliphatic imine (C=N–C) groups is 1. The highest BCUT2D eigenvalue weighted by molar-refractivity contribution is 14.0. The van der Waals surface area contributed by atoms with Gasteiger partial charge in [0.2, 0.25) is 0 Å². The molecular formula is C14H22ClFIN3S. The summed E-state index contributed by atoms with van der Waals surface area (Å²) >= 11 is 7.60. The molecule has 0 saturated heterocycles. The van der Waals surface area contributed by atoms with Crippen molar-refractivity contribution in [1.82, 2.24) is 10.6 Å². The van der Waals surface area contributed by atoms with Crippen molar-refractivity contribution in [2.24, 2.45) is 4.99 Å². The Kier molecular flexibility index (Phi) is 12.2. The Morgan fingerprint density at radius 3 is 2.71 bits per heavy atom. The maximum Gasteiger partial charge on any atom is 0.191 e. The fraction of sp³-hybridized carbons (Fsp3) is 0.500. The fourth-order valence-corrected chi connectivity index (χ4v) is 2.33. The second-order valence-electron chi connectivity index (χ2n) is 4.30. The second kappa shape index (κ2) is 12.3. The molecule has 0 atom stereocenters. The summed E-state index contributed by atoms with van der Waals surface area (Å²) in [5.74, 6) is 1.53. The summed E-state index contributed by atoms with van der Waals surface area (Å²) in [4.78, 5) is 4.14. The Hall–Kier alpha value is -0.210. The molecule has 0 saturated carbocycles. The minimum Gasteiger partial charge on any atom is -0.356 e. The molecule has 120 valence electrons. The van der Waals surface area contributed by atoms with Gasteiger partial charge in [0.05, 0.1) is 5.02 Å². The van der Waals surface area contributed by atoms with Crippen molar-refractivity contribution in [3.8, 4) is 0 Å². The van der Waals surface area contributed by atoms with Crippen molar-refractivity contribution >= 4 is 53.3 Å². The fourth-order valence-electron chi connectivity index (χ4n) is 1.63. The van der Waals surface area contributed by atoms with Gasteiger partial charge in [-0.05, 0) is 42.5 Å². The summed E-state index contributed by atoms with van der Waals surface area (Å²) in [5.41, 5.74) is 0.918. The minimum absolute atomic E-state index is 0. The molecule has 0 radical (unpaired) electrons. The number of hydrogen-bond donors (Lipinski definition) is 2. The van der Waals surface area contributed by atoms with Crippen LogP contribution >= 0.6 is 47.3 Å². The van der Waals surface area contributed by atoms with E-state index in [0.29, 0.717) is 6.54 Å². The zero-order chi connectivity index (χ0) is 14.8. The average molecular weight is 446 g/mol. The number of unbranched alkanes of at least 4 members (excludes halogenated alkanes) is 1. The lowest BCUT2D eigenvalue weighted by atomic mass is 10.2. The van der Waals surface area contributed by atoms with Gasteiger partial charge in [-0.2, -0.15) is 11.8 Å². The largest absolute Gasteiger partial charge is 0.356 e. The van der Waals surface area contributed by atoms with Crippen LogP contribution < -0.4 is 10.6 Å². The third kappa shape index (κ3) is 8.73. The summed E-state index contributed by atoms with van der Waals surface area (Å²) in [7, 11) is 1.73. The van der Waals surface area contributed by atoms with Crippen LogP contribution in [0.15, 0.2) is 23.2 Å². The number of rotatable bonds is 7. The van der Waals surface area contributed by atoms with Gasteiger partial charge in [-0.15, -0.1) is 24.0 Å². The van der Waals surface area contributed by atoms with Crippen molar-refractivity contribution in [2.75, 3.05) is 25.6 Å². The summed E-state index contributed by atoms with van der Waals surface area (Å²) in [6, 6.07) is 4.70. The number of hydrogen-bond acceptors (Lipinski definition) is 2. The second-order valence-corrected chi connectivity index (χ2v) is 5.69. The molecule has 21 heavy (non-hydrogen) atoms. The maximum absolute atomic E-state index is 13.0. The van der Waals surface area contributed by atoms with Gasteiger partial charge in [0, 0.05) is 20.1 Å². The van der Waals surface area contributed by atoms with E-state index in [1.54, 1.807) is 19.2 Å². The van der Waals surface area contributed by atoms with E-state index in [4.69, 9.17) is 11.6 Å². The minimum atomic E-state index is -0.397. The first-order valence-corrected chi connectivity index (χ1v) is 8.32. The Balaban J connectivity index is 0.00000400. The van der Waals surface area contributed by atoms with E-state index in [-0.39, 0.29) is 29.0 Å². The molecular weight excluding hydrogens is 424 g/mol. The Morgan fingerprint density at radius 2 is 2.10 bits per heavy atom. The highest BCUT2D eigenvalue weighted by atomic mass is 127. The first-order valence-electron chi connectivity index (χ1n) is 6.54. The number of thioether (sulfide) groups is 1. The van der Waals surface area contributed by atoms with E-state index in [1.165, 1.54) is 18.2 Å². The first kappa shape index (κ1) is 20.8. The van der Waals surface area contributed by atoms with Gasteiger partial charge < -0.3 is 10.6 Å². The predicted octanol–water partition coefficient (Wildman–Crippen LogP) is 3.91. The molecule has 1 rings (SSSR count). The van der Waals surface area contributed by atoms with Gasteiger partial charge in [0.15, 0.2) is 5.96 Å². The quantitative estimate of drug-likeness (QED) is 0.289. The average Bonchev–Trinajstić information content (AvgIpc) is 2.45. The van der Waals surface area contributed by atoms with Gasteiger partial charge in [-0.1, -0.05) is 17.7 Å². The van der Waals surface area contributed by atoms with Crippen molar-refractivity contribution < 1.29 is 4.39 Å². The summed E-state index contributed by atoms with van der Waals surface area (Å²) in [6.07, 6.45) is 4.42. The van der Waals surface area contributed by atoms with Crippen molar-refractivity contribution in [2.45, 2.75) is 19.4 Å².